The molecule has 3 atom stereocenters. The molecule has 1 rings (SSSR count). The van der Waals surface area contributed by atoms with Crippen LogP contribution in [0.1, 0.15) is 45.1 Å². The number of halogens is 4. The van der Waals surface area contributed by atoms with E-state index in [0.717, 1.165) is 12.1 Å². The topological polar surface area (TPSA) is 119 Å². The molecule has 0 heterocycles. The molecule has 0 spiro atoms. The van der Waals surface area contributed by atoms with Gasteiger partial charge in [0.1, 0.15) is 17.6 Å². The molecule has 0 saturated carbocycles. The largest absolute Gasteiger partial charge is 0.496 e. The number of ether oxygens (including phenoxy) is 1. The van der Waals surface area contributed by atoms with Crippen LogP contribution in [0.5, 0.6) is 5.75 Å². The summed E-state index contributed by atoms with van der Waals surface area (Å²) in [6.07, 6.45) is -6.81. The zero-order valence-corrected chi connectivity index (χ0v) is 17.3. The minimum atomic E-state index is -5.02. The summed E-state index contributed by atoms with van der Waals surface area (Å²) >= 11 is 0. The average Bonchev–Trinajstić information content (AvgIpc) is 2.60. The van der Waals surface area contributed by atoms with Crippen LogP contribution in [0.3, 0.4) is 0 Å². The van der Waals surface area contributed by atoms with E-state index in [9.17, 15) is 27.5 Å². The van der Waals surface area contributed by atoms with Gasteiger partial charge in [0.25, 0.3) is 0 Å². The fourth-order valence-corrected chi connectivity index (χ4v) is 3.80. The Hall–Kier alpha value is -1.91. The first-order valence-electron chi connectivity index (χ1n) is 9.48. The number of benzene rings is 1. The van der Waals surface area contributed by atoms with Gasteiger partial charge in [-0.2, -0.15) is 13.2 Å². The van der Waals surface area contributed by atoms with Crippen molar-refractivity contribution in [2.75, 3.05) is 13.7 Å². The number of carboxylic acid groups (broad SMARTS) is 1. The van der Waals surface area contributed by atoms with Crippen molar-refractivity contribution in [2.24, 2.45) is 17.4 Å². The Morgan fingerprint density at radius 1 is 1.27 bits per heavy atom. The van der Waals surface area contributed by atoms with Crippen LogP contribution in [0.2, 0.25) is 0 Å². The van der Waals surface area contributed by atoms with E-state index in [2.05, 4.69) is 0 Å². The molecule has 0 aliphatic carbocycles. The van der Waals surface area contributed by atoms with Gasteiger partial charge < -0.3 is 26.4 Å². The number of alkyl halides is 3. The lowest BCUT2D eigenvalue weighted by Gasteiger charge is -2.40. The number of carboxylic acids is 1. The van der Waals surface area contributed by atoms with Gasteiger partial charge in [0.15, 0.2) is 5.60 Å². The maximum absolute atomic E-state index is 14.0. The quantitative estimate of drug-likeness (QED) is 0.395. The lowest BCUT2D eigenvalue weighted by molar-refractivity contribution is -0.273. The van der Waals surface area contributed by atoms with Crippen LogP contribution in [0.15, 0.2) is 18.2 Å². The number of hydrogen-bond donors (Lipinski definition) is 4. The van der Waals surface area contributed by atoms with Crippen molar-refractivity contribution >= 4 is 5.97 Å². The summed E-state index contributed by atoms with van der Waals surface area (Å²) in [6, 6.07) is 2.13. The monoisotopic (exact) mass is 438 g/mol. The van der Waals surface area contributed by atoms with Gasteiger partial charge in [-0.15, -0.1) is 0 Å². The Kier molecular flexibility index (Phi) is 8.65. The van der Waals surface area contributed by atoms with Crippen LogP contribution in [0.4, 0.5) is 17.6 Å². The lowest BCUT2D eigenvalue weighted by atomic mass is 9.71. The van der Waals surface area contributed by atoms with E-state index in [-0.39, 0.29) is 30.7 Å². The number of methoxy groups -OCH3 is 1. The molecule has 0 amide bonds. The van der Waals surface area contributed by atoms with Crippen LogP contribution >= 0.6 is 0 Å². The van der Waals surface area contributed by atoms with E-state index < -0.39 is 53.8 Å². The van der Waals surface area contributed by atoms with Crippen LogP contribution in [-0.4, -0.2) is 47.7 Å². The molecule has 0 aliphatic rings. The molecule has 172 valence electrons. The van der Waals surface area contributed by atoms with Gasteiger partial charge in [-0.05, 0) is 61.8 Å². The van der Waals surface area contributed by atoms with Gasteiger partial charge in [-0.3, -0.25) is 4.79 Å². The van der Waals surface area contributed by atoms with Crippen LogP contribution in [0.25, 0.3) is 0 Å². The summed E-state index contributed by atoms with van der Waals surface area (Å²) < 4.78 is 60.9. The lowest BCUT2D eigenvalue weighted by Crippen LogP contribution is -2.51. The summed E-state index contributed by atoms with van der Waals surface area (Å²) in [7, 11) is 1.31. The molecule has 0 fully saturated rings. The molecule has 6 nitrogen and oxygen atoms in total. The van der Waals surface area contributed by atoms with Crippen molar-refractivity contribution in [3.05, 3.63) is 29.6 Å². The second kappa shape index (κ2) is 9.93. The Morgan fingerprint density at radius 2 is 1.87 bits per heavy atom. The summed E-state index contributed by atoms with van der Waals surface area (Å²) in [5.41, 5.74) is 6.62. The Balaban J connectivity index is 3.30. The first-order chi connectivity index (χ1) is 13.7. The number of aliphatic carboxylic acids is 1. The number of rotatable bonds is 11. The summed E-state index contributed by atoms with van der Waals surface area (Å²) in [5.74, 6) is -2.68. The molecule has 1 aromatic rings. The number of nitrogens with two attached hydrogens (primary N) is 2. The van der Waals surface area contributed by atoms with Crippen molar-refractivity contribution in [1.82, 2.24) is 0 Å². The molecule has 30 heavy (non-hydrogen) atoms. The average molecular weight is 438 g/mol. The summed E-state index contributed by atoms with van der Waals surface area (Å²) in [6.45, 7) is 2.90. The molecule has 0 saturated heterocycles. The van der Waals surface area contributed by atoms with E-state index in [4.69, 9.17) is 21.3 Å². The van der Waals surface area contributed by atoms with Crippen molar-refractivity contribution in [1.29, 1.82) is 0 Å². The maximum atomic E-state index is 14.0. The third-order valence-corrected chi connectivity index (χ3v) is 5.26. The molecule has 0 aromatic heterocycles. The first kappa shape index (κ1) is 26.1. The van der Waals surface area contributed by atoms with Crippen molar-refractivity contribution < 1.29 is 37.3 Å². The zero-order chi connectivity index (χ0) is 23.3. The van der Waals surface area contributed by atoms with Gasteiger partial charge in [0, 0.05) is 5.56 Å². The van der Waals surface area contributed by atoms with E-state index in [1.165, 1.54) is 27.0 Å². The Bertz CT molecular complexity index is 727. The predicted octanol–water partition coefficient (Wildman–Crippen LogP) is 2.95. The molecule has 10 heteroatoms. The van der Waals surface area contributed by atoms with E-state index in [1.54, 1.807) is 0 Å². The van der Waals surface area contributed by atoms with Crippen LogP contribution in [0, 0.1) is 11.7 Å². The van der Waals surface area contributed by atoms with Gasteiger partial charge in [-0.25, -0.2) is 4.39 Å². The second-order valence-electron chi connectivity index (χ2n) is 8.26. The minimum Gasteiger partial charge on any atom is -0.496 e. The van der Waals surface area contributed by atoms with Crippen LogP contribution in [-0.2, 0) is 10.2 Å². The number of hydrogen-bond acceptors (Lipinski definition) is 5. The molecule has 6 N–H and O–H groups in total. The molecule has 2 unspecified atom stereocenters. The smallest absolute Gasteiger partial charge is 0.417 e. The fourth-order valence-electron chi connectivity index (χ4n) is 3.80. The molecule has 0 radical (unpaired) electrons. The van der Waals surface area contributed by atoms with Crippen molar-refractivity contribution in [2.45, 2.75) is 62.8 Å². The standard InChI is InChI=1S/C20H30F4N2O4/c1-18(2,14-9-13(21)4-5-16(14)30-3)11-19(29,20(22,23)24)10-12(6-7-25)8-15(26)17(27)28/h4-5,9,12,15,29H,6-8,10-11,25-26H2,1-3H3,(H,27,28)/t12?,15-,19?/m0/s1. The number of carbonyl (C=O) groups is 1. The predicted molar refractivity (Wildman–Crippen MR) is 104 cm³/mol. The highest BCUT2D eigenvalue weighted by Crippen LogP contribution is 2.47. The van der Waals surface area contributed by atoms with E-state index in [0.29, 0.717) is 0 Å². The summed E-state index contributed by atoms with van der Waals surface area (Å²) in [5, 5.41) is 19.7. The third-order valence-electron chi connectivity index (χ3n) is 5.26. The SMILES string of the molecule is COc1ccc(F)cc1C(C)(C)CC(O)(CC(CCN)C[C@H](N)C(=O)O)C(F)(F)F. The molecule has 0 bridgehead atoms. The van der Waals surface area contributed by atoms with Gasteiger partial charge in [-0.1, -0.05) is 13.8 Å². The molecule has 0 aliphatic heterocycles. The highest BCUT2D eigenvalue weighted by molar-refractivity contribution is 5.73. The zero-order valence-electron chi connectivity index (χ0n) is 17.3. The Labute approximate surface area is 173 Å². The van der Waals surface area contributed by atoms with E-state index >= 15 is 0 Å². The van der Waals surface area contributed by atoms with Gasteiger partial charge in [0.05, 0.1) is 7.11 Å². The fraction of sp³-hybridized carbons (Fsp3) is 0.650. The number of aliphatic hydroxyl groups is 1. The minimum absolute atomic E-state index is 0.00601. The second-order valence-corrected chi connectivity index (χ2v) is 8.26. The van der Waals surface area contributed by atoms with Crippen LogP contribution < -0.4 is 16.2 Å². The normalized spacial score (nSPS) is 16.6. The van der Waals surface area contributed by atoms with Gasteiger partial charge in [0.2, 0.25) is 0 Å². The van der Waals surface area contributed by atoms with Gasteiger partial charge >= 0.3 is 12.1 Å². The molecular formula is C20H30F4N2O4. The molecule has 1 aromatic carbocycles. The summed E-state index contributed by atoms with van der Waals surface area (Å²) in [4.78, 5) is 11.0. The third kappa shape index (κ3) is 6.55. The van der Waals surface area contributed by atoms with Crippen molar-refractivity contribution in [3.8, 4) is 5.75 Å². The van der Waals surface area contributed by atoms with E-state index in [1.807, 2.05) is 0 Å². The van der Waals surface area contributed by atoms with Crippen molar-refractivity contribution in [3.63, 3.8) is 0 Å². The highest BCUT2D eigenvalue weighted by atomic mass is 19.4. The maximum Gasteiger partial charge on any atom is 0.417 e. The highest BCUT2D eigenvalue weighted by Gasteiger charge is 2.56. The molecular weight excluding hydrogens is 408 g/mol. The Morgan fingerprint density at radius 3 is 2.33 bits per heavy atom. The first-order valence-corrected chi connectivity index (χ1v) is 9.48.